The van der Waals surface area contributed by atoms with Crippen LogP contribution in [0.1, 0.15) is 44.4 Å². The number of hydrogen-bond acceptors (Lipinski definition) is 4. The standard InChI is InChI=1S/C23H25ClF3N3O.C3H4O.C2H6/c1-14-16(6-5-7-18(14)24)22(11-29(4)12-22)28-15-8-9-17-19(10-15)30(13-23(25,26)27)20(31)21(17,2)3;1-2-3-4;1-2/h5-10,28H,11-13H2,1-4H3;2-3H,1H2;1-2H3. The quantitative estimate of drug-likeness (QED) is 0.350. The molecule has 2 aromatic carbocycles. The molecule has 0 radical (unpaired) electrons. The number of alkyl halides is 3. The van der Waals surface area contributed by atoms with Crippen molar-refractivity contribution in [2.75, 3.05) is 36.9 Å². The fourth-order valence-electron chi connectivity index (χ4n) is 4.85. The molecule has 37 heavy (non-hydrogen) atoms. The molecule has 4 rings (SSSR count). The van der Waals surface area contributed by atoms with Crippen molar-refractivity contribution in [3.63, 3.8) is 0 Å². The lowest BCUT2D eigenvalue weighted by Gasteiger charge is -2.50. The molecule has 9 heteroatoms. The van der Waals surface area contributed by atoms with E-state index in [1.54, 1.807) is 26.0 Å². The summed E-state index contributed by atoms with van der Waals surface area (Å²) in [6.45, 7) is 12.6. The monoisotopic (exact) mass is 537 g/mol. The van der Waals surface area contributed by atoms with E-state index in [0.29, 0.717) is 28.2 Å². The molecule has 0 saturated carbocycles. The number of benzene rings is 2. The van der Waals surface area contributed by atoms with E-state index >= 15 is 0 Å². The Kier molecular flexibility index (Phi) is 9.60. The molecule has 0 bridgehead atoms. The second-order valence-corrected chi connectivity index (χ2v) is 9.93. The Bertz CT molecular complexity index is 1140. The third-order valence-corrected chi connectivity index (χ3v) is 6.83. The maximum absolute atomic E-state index is 13.2. The fourth-order valence-corrected chi connectivity index (χ4v) is 5.03. The van der Waals surface area contributed by atoms with Crippen LogP contribution in [0.2, 0.25) is 5.02 Å². The minimum atomic E-state index is -4.48. The number of aldehydes is 1. The highest BCUT2D eigenvalue weighted by Gasteiger charge is 2.48. The number of nitrogens with one attached hydrogen (secondary N) is 1. The van der Waals surface area contributed by atoms with Gasteiger partial charge < -0.3 is 15.1 Å². The van der Waals surface area contributed by atoms with E-state index in [2.05, 4.69) is 16.8 Å². The van der Waals surface area contributed by atoms with Crippen molar-refractivity contribution in [2.24, 2.45) is 0 Å². The zero-order valence-corrected chi connectivity index (χ0v) is 22.9. The molecule has 1 amide bonds. The minimum Gasteiger partial charge on any atom is -0.373 e. The highest BCUT2D eigenvalue weighted by atomic mass is 35.5. The lowest BCUT2D eigenvalue weighted by molar-refractivity contribution is -0.134. The molecule has 0 aliphatic carbocycles. The Morgan fingerprint density at radius 1 is 1.14 bits per heavy atom. The van der Waals surface area contributed by atoms with Crippen LogP contribution < -0.4 is 10.2 Å². The number of anilines is 2. The van der Waals surface area contributed by atoms with Gasteiger partial charge in [0.15, 0.2) is 0 Å². The van der Waals surface area contributed by atoms with Gasteiger partial charge in [-0.2, -0.15) is 13.2 Å². The minimum absolute atomic E-state index is 0.308. The summed E-state index contributed by atoms with van der Waals surface area (Å²) in [5.41, 5.74) is 2.20. The van der Waals surface area contributed by atoms with E-state index in [1.165, 1.54) is 6.08 Å². The van der Waals surface area contributed by atoms with Gasteiger partial charge in [-0.3, -0.25) is 9.59 Å². The van der Waals surface area contributed by atoms with E-state index < -0.39 is 29.6 Å². The van der Waals surface area contributed by atoms with Crippen LogP contribution in [-0.2, 0) is 20.5 Å². The Morgan fingerprint density at radius 3 is 2.24 bits per heavy atom. The molecular weight excluding hydrogens is 503 g/mol. The SMILES string of the molecule is C=CC=O.CC.Cc1c(Cl)cccc1C1(Nc2ccc3c(c2)N(CC(F)(F)F)C(=O)C3(C)C)CN(C)C1. The number of carbonyl (C=O) groups is 2. The number of hydrogen-bond donors (Lipinski definition) is 1. The van der Waals surface area contributed by atoms with Gasteiger partial charge in [-0.15, -0.1) is 0 Å². The first-order valence-electron chi connectivity index (χ1n) is 12.1. The highest BCUT2D eigenvalue weighted by Crippen LogP contribution is 2.45. The maximum atomic E-state index is 13.2. The number of amides is 1. The summed E-state index contributed by atoms with van der Waals surface area (Å²) in [7, 11) is 2.01. The first-order chi connectivity index (χ1) is 17.3. The van der Waals surface area contributed by atoms with Crippen molar-refractivity contribution in [2.45, 2.75) is 51.7 Å². The molecule has 1 saturated heterocycles. The first-order valence-corrected chi connectivity index (χ1v) is 12.5. The van der Waals surface area contributed by atoms with Crippen LogP contribution in [0.4, 0.5) is 24.5 Å². The lowest BCUT2D eigenvalue weighted by Crippen LogP contribution is -2.62. The van der Waals surface area contributed by atoms with Crippen LogP contribution >= 0.6 is 11.6 Å². The predicted octanol–water partition coefficient (Wildman–Crippen LogP) is 6.49. The molecule has 2 aliphatic rings. The summed E-state index contributed by atoms with van der Waals surface area (Å²) in [4.78, 5) is 24.8. The Labute approximate surface area is 222 Å². The molecule has 202 valence electrons. The van der Waals surface area contributed by atoms with Gasteiger partial charge in [0, 0.05) is 23.8 Å². The van der Waals surface area contributed by atoms with Crippen molar-refractivity contribution in [1.82, 2.24) is 4.90 Å². The smallest absolute Gasteiger partial charge is 0.373 e. The van der Waals surface area contributed by atoms with Crippen LogP contribution in [-0.4, -0.2) is 50.0 Å². The Morgan fingerprint density at radius 2 is 1.73 bits per heavy atom. The summed E-state index contributed by atoms with van der Waals surface area (Å²) in [5, 5.41) is 4.21. The van der Waals surface area contributed by atoms with Crippen molar-refractivity contribution in [1.29, 1.82) is 0 Å². The number of likely N-dealkylation sites (N-methyl/N-ethyl adjacent to an activating group) is 1. The van der Waals surface area contributed by atoms with Gasteiger partial charge in [0.05, 0.1) is 16.6 Å². The van der Waals surface area contributed by atoms with Gasteiger partial charge in [0.1, 0.15) is 12.8 Å². The molecular formula is C28H35ClF3N3O2. The topological polar surface area (TPSA) is 52.7 Å². The molecule has 2 heterocycles. The number of allylic oxidation sites excluding steroid dienone is 1. The number of nitrogens with zero attached hydrogens (tertiary/aromatic N) is 2. The zero-order chi connectivity index (χ0) is 28.2. The van der Waals surface area contributed by atoms with Gasteiger partial charge in [-0.25, -0.2) is 0 Å². The Hall–Kier alpha value is -2.84. The van der Waals surface area contributed by atoms with E-state index in [9.17, 15) is 18.0 Å². The molecule has 1 fully saturated rings. The summed E-state index contributed by atoms with van der Waals surface area (Å²) >= 11 is 6.35. The third kappa shape index (κ3) is 6.36. The lowest BCUT2D eigenvalue weighted by atomic mass is 9.80. The van der Waals surface area contributed by atoms with Crippen molar-refractivity contribution < 1.29 is 22.8 Å². The van der Waals surface area contributed by atoms with Gasteiger partial charge >= 0.3 is 6.18 Å². The van der Waals surface area contributed by atoms with Gasteiger partial charge in [0.2, 0.25) is 5.91 Å². The summed E-state index contributed by atoms with van der Waals surface area (Å²) in [6.07, 6.45) is -2.65. The second kappa shape index (κ2) is 11.7. The average Bonchev–Trinajstić information content (AvgIpc) is 3.00. The maximum Gasteiger partial charge on any atom is 0.406 e. The average molecular weight is 538 g/mol. The molecule has 1 N–H and O–H groups in total. The van der Waals surface area contributed by atoms with Crippen molar-refractivity contribution in [3.8, 4) is 0 Å². The number of likely N-dealkylation sites (tertiary alicyclic amines) is 1. The zero-order valence-electron chi connectivity index (χ0n) is 22.2. The van der Waals surface area contributed by atoms with E-state index in [-0.39, 0.29) is 0 Å². The van der Waals surface area contributed by atoms with E-state index in [4.69, 9.17) is 16.4 Å². The predicted molar refractivity (Wildman–Crippen MR) is 144 cm³/mol. The molecule has 0 unspecified atom stereocenters. The van der Waals surface area contributed by atoms with Gasteiger partial charge in [-0.05, 0) is 68.8 Å². The van der Waals surface area contributed by atoms with Crippen LogP contribution in [0.3, 0.4) is 0 Å². The molecule has 0 atom stereocenters. The van der Waals surface area contributed by atoms with Crippen LogP contribution in [0.25, 0.3) is 0 Å². The number of halogens is 4. The van der Waals surface area contributed by atoms with Crippen molar-refractivity contribution >= 4 is 35.2 Å². The molecule has 0 aromatic heterocycles. The summed E-state index contributed by atoms with van der Waals surface area (Å²) < 4.78 is 39.5. The second-order valence-electron chi connectivity index (χ2n) is 9.53. The number of fused-ring (bicyclic) bond motifs is 1. The summed E-state index contributed by atoms with van der Waals surface area (Å²) in [6, 6.07) is 11.0. The van der Waals surface area contributed by atoms with Crippen LogP contribution in [0.15, 0.2) is 49.1 Å². The van der Waals surface area contributed by atoms with E-state index in [1.807, 2.05) is 52.1 Å². The molecule has 2 aliphatic heterocycles. The number of carbonyl (C=O) groups excluding carboxylic acids is 2. The van der Waals surface area contributed by atoms with Gasteiger partial charge in [-0.1, -0.05) is 50.2 Å². The normalized spacial score (nSPS) is 17.4. The highest BCUT2D eigenvalue weighted by molar-refractivity contribution is 6.31. The van der Waals surface area contributed by atoms with Crippen molar-refractivity contribution in [3.05, 3.63) is 70.8 Å². The molecule has 2 aromatic rings. The fraction of sp³-hybridized carbons (Fsp3) is 0.429. The summed E-state index contributed by atoms with van der Waals surface area (Å²) in [5.74, 6) is -0.541. The van der Waals surface area contributed by atoms with E-state index in [0.717, 1.165) is 29.1 Å². The van der Waals surface area contributed by atoms with Crippen LogP contribution in [0, 0.1) is 6.92 Å². The Balaban J connectivity index is 0.000000733. The first kappa shape index (κ1) is 30.4. The number of rotatable bonds is 5. The molecule has 0 spiro atoms. The van der Waals surface area contributed by atoms with Crippen LogP contribution in [0.5, 0.6) is 0 Å². The largest absolute Gasteiger partial charge is 0.406 e. The third-order valence-electron chi connectivity index (χ3n) is 6.42. The van der Waals surface area contributed by atoms with Gasteiger partial charge in [0.25, 0.3) is 0 Å². The molecule has 5 nitrogen and oxygen atoms in total.